The first kappa shape index (κ1) is 11.1. The van der Waals surface area contributed by atoms with Gasteiger partial charge in [0, 0.05) is 6.54 Å². The first-order chi connectivity index (χ1) is 7.99. The van der Waals surface area contributed by atoms with Crippen LogP contribution in [0.2, 0.25) is 0 Å². The SMILES string of the molecule is CC1(C)NC(=O)C(C2CC2)N(CC2CC2)C1=O. The van der Waals surface area contributed by atoms with Gasteiger partial charge in [0.1, 0.15) is 11.6 Å². The van der Waals surface area contributed by atoms with Gasteiger partial charge < -0.3 is 10.2 Å². The molecule has 1 heterocycles. The van der Waals surface area contributed by atoms with Crippen molar-refractivity contribution in [2.75, 3.05) is 6.54 Å². The Labute approximate surface area is 102 Å². The van der Waals surface area contributed by atoms with Gasteiger partial charge >= 0.3 is 0 Å². The highest BCUT2D eigenvalue weighted by molar-refractivity contribution is 5.99. The first-order valence-electron chi connectivity index (χ1n) is 6.62. The monoisotopic (exact) mass is 236 g/mol. The van der Waals surface area contributed by atoms with Crippen molar-refractivity contribution in [3.05, 3.63) is 0 Å². The molecule has 1 unspecified atom stereocenters. The third kappa shape index (κ3) is 1.94. The average molecular weight is 236 g/mol. The van der Waals surface area contributed by atoms with E-state index in [-0.39, 0.29) is 17.9 Å². The van der Waals surface area contributed by atoms with E-state index in [1.807, 2.05) is 4.90 Å². The number of hydrogen-bond acceptors (Lipinski definition) is 2. The van der Waals surface area contributed by atoms with Crippen LogP contribution in [0.15, 0.2) is 0 Å². The molecule has 1 aliphatic heterocycles. The number of nitrogens with one attached hydrogen (secondary N) is 1. The zero-order chi connectivity index (χ0) is 12.2. The van der Waals surface area contributed by atoms with Crippen LogP contribution in [0.3, 0.4) is 0 Å². The third-order valence-electron chi connectivity index (χ3n) is 4.06. The van der Waals surface area contributed by atoms with Crippen LogP contribution in [0.1, 0.15) is 39.5 Å². The lowest BCUT2D eigenvalue weighted by Gasteiger charge is -2.43. The Morgan fingerprint density at radius 3 is 2.41 bits per heavy atom. The highest BCUT2D eigenvalue weighted by Gasteiger charge is 2.51. The van der Waals surface area contributed by atoms with Crippen LogP contribution in [0.5, 0.6) is 0 Å². The maximum Gasteiger partial charge on any atom is 0.248 e. The van der Waals surface area contributed by atoms with Gasteiger partial charge in [-0.05, 0) is 51.4 Å². The predicted octanol–water partition coefficient (Wildman–Crippen LogP) is 0.912. The summed E-state index contributed by atoms with van der Waals surface area (Å²) >= 11 is 0. The van der Waals surface area contributed by atoms with Crippen molar-refractivity contribution in [1.29, 1.82) is 0 Å². The van der Waals surface area contributed by atoms with Gasteiger partial charge in [-0.15, -0.1) is 0 Å². The lowest BCUT2D eigenvalue weighted by Crippen LogP contribution is -2.68. The third-order valence-corrected chi connectivity index (χ3v) is 4.06. The smallest absolute Gasteiger partial charge is 0.248 e. The highest BCUT2D eigenvalue weighted by atomic mass is 16.2. The quantitative estimate of drug-likeness (QED) is 0.792. The Hall–Kier alpha value is -1.06. The number of rotatable bonds is 3. The summed E-state index contributed by atoms with van der Waals surface area (Å²) in [4.78, 5) is 26.4. The molecule has 0 aromatic rings. The second-order valence-electron chi connectivity index (χ2n) is 6.30. The number of hydrogen-bond donors (Lipinski definition) is 1. The van der Waals surface area contributed by atoms with Crippen molar-refractivity contribution in [3.8, 4) is 0 Å². The summed E-state index contributed by atoms with van der Waals surface area (Å²) in [5, 5.41) is 2.87. The van der Waals surface area contributed by atoms with Crippen molar-refractivity contribution >= 4 is 11.8 Å². The van der Waals surface area contributed by atoms with E-state index in [1.165, 1.54) is 12.8 Å². The largest absolute Gasteiger partial charge is 0.340 e. The number of carbonyl (C=O) groups excluding carboxylic acids is 2. The maximum absolute atomic E-state index is 12.4. The van der Waals surface area contributed by atoms with Crippen molar-refractivity contribution in [2.45, 2.75) is 51.1 Å². The molecule has 1 saturated heterocycles. The predicted molar refractivity (Wildman–Crippen MR) is 63.2 cm³/mol. The summed E-state index contributed by atoms with van der Waals surface area (Å²) in [6, 6.07) is -0.184. The molecule has 1 atom stereocenters. The van der Waals surface area contributed by atoms with E-state index in [0.29, 0.717) is 11.8 Å². The van der Waals surface area contributed by atoms with Gasteiger partial charge in [-0.1, -0.05) is 0 Å². The molecule has 2 aliphatic carbocycles. The summed E-state index contributed by atoms with van der Waals surface area (Å²) in [5.41, 5.74) is -0.725. The molecule has 0 spiro atoms. The molecule has 3 aliphatic rings. The molecular weight excluding hydrogens is 216 g/mol. The molecule has 2 amide bonds. The van der Waals surface area contributed by atoms with Crippen LogP contribution in [-0.2, 0) is 9.59 Å². The minimum Gasteiger partial charge on any atom is -0.340 e. The van der Waals surface area contributed by atoms with Gasteiger partial charge in [0.2, 0.25) is 11.8 Å². The fourth-order valence-corrected chi connectivity index (χ4v) is 2.72. The fraction of sp³-hybridized carbons (Fsp3) is 0.846. The minimum atomic E-state index is -0.725. The number of piperazine rings is 1. The fourth-order valence-electron chi connectivity index (χ4n) is 2.72. The Balaban J connectivity index is 1.84. The van der Waals surface area contributed by atoms with E-state index in [2.05, 4.69) is 5.32 Å². The Bertz CT molecular complexity index is 370. The maximum atomic E-state index is 12.4. The van der Waals surface area contributed by atoms with E-state index >= 15 is 0 Å². The topological polar surface area (TPSA) is 49.4 Å². The first-order valence-corrected chi connectivity index (χ1v) is 6.62. The van der Waals surface area contributed by atoms with Crippen LogP contribution >= 0.6 is 0 Å². The van der Waals surface area contributed by atoms with Gasteiger partial charge in [-0.3, -0.25) is 9.59 Å². The van der Waals surface area contributed by atoms with Crippen molar-refractivity contribution < 1.29 is 9.59 Å². The van der Waals surface area contributed by atoms with Crippen LogP contribution in [-0.4, -0.2) is 34.8 Å². The molecule has 4 heteroatoms. The normalized spacial score (nSPS) is 32.6. The second-order valence-corrected chi connectivity index (χ2v) is 6.30. The number of carbonyl (C=O) groups is 2. The summed E-state index contributed by atoms with van der Waals surface area (Å²) in [6.07, 6.45) is 4.60. The molecule has 3 rings (SSSR count). The summed E-state index contributed by atoms with van der Waals surface area (Å²) in [6.45, 7) is 4.39. The Kier molecular flexibility index (Phi) is 2.25. The van der Waals surface area contributed by atoms with Gasteiger partial charge in [0.25, 0.3) is 0 Å². The van der Waals surface area contributed by atoms with Crippen LogP contribution in [0.4, 0.5) is 0 Å². The number of amides is 2. The molecule has 4 nitrogen and oxygen atoms in total. The van der Waals surface area contributed by atoms with E-state index in [4.69, 9.17) is 0 Å². The molecule has 1 N–H and O–H groups in total. The van der Waals surface area contributed by atoms with Gasteiger partial charge in [0.05, 0.1) is 0 Å². The Morgan fingerprint density at radius 1 is 1.24 bits per heavy atom. The molecule has 0 bridgehead atoms. The summed E-state index contributed by atoms with van der Waals surface area (Å²) < 4.78 is 0. The van der Waals surface area contributed by atoms with Gasteiger partial charge in [0.15, 0.2) is 0 Å². The highest BCUT2D eigenvalue weighted by Crippen LogP contribution is 2.40. The summed E-state index contributed by atoms with van der Waals surface area (Å²) in [5.74, 6) is 1.20. The van der Waals surface area contributed by atoms with E-state index < -0.39 is 5.54 Å². The van der Waals surface area contributed by atoms with Crippen molar-refractivity contribution in [3.63, 3.8) is 0 Å². The van der Waals surface area contributed by atoms with Crippen LogP contribution < -0.4 is 5.32 Å². The van der Waals surface area contributed by atoms with Crippen LogP contribution in [0.25, 0.3) is 0 Å². The molecule has 0 aromatic heterocycles. The van der Waals surface area contributed by atoms with E-state index in [0.717, 1.165) is 19.4 Å². The van der Waals surface area contributed by atoms with Crippen LogP contribution in [0, 0.1) is 11.8 Å². The molecule has 17 heavy (non-hydrogen) atoms. The van der Waals surface area contributed by atoms with Gasteiger partial charge in [-0.2, -0.15) is 0 Å². The van der Waals surface area contributed by atoms with E-state index in [1.54, 1.807) is 13.8 Å². The lowest BCUT2D eigenvalue weighted by molar-refractivity contribution is -0.154. The Morgan fingerprint density at radius 2 is 1.88 bits per heavy atom. The molecule has 2 saturated carbocycles. The molecular formula is C13H20N2O2. The molecule has 0 radical (unpaired) electrons. The summed E-state index contributed by atoms with van der Waals surface area (Å²) in [7, 11) is 0. The zero-order valence-electron chi connectivity index (χ0n) is 10.5. The average Bonchev–Trinajstić information content (AvgIpc) is 3.06. The zero-order valence-corrected chi connectivity index (χ0v) is 10.5. The molecule has 94 valence electrons. The van der Waals surface area contributed by atoms with E-state index in [9.17, 15) is 9.59 Å². The standard InChI is InChI=1S/C13H20N2O2/c1-13(2)12(17)15(7-8-3-4-8)10(9-5-6-9)11(16)14-13/h8-10H,3-7H2,1-2H3,(H,14,16). The molecule has 0 aromatic carbocycles. The van der Waals surface area contributed by atoms with Crippen molar-refractivity contribution in [2.24, 2.45) is 11.8 Å². The van der Waals surface area contributed by atoms with Gasteiger partial charge in [-0.25, -0.2) is 0 Å². The second kappa shape index (κ2) is 3.47. The van der Waals surface area contributed by atoms with Crippen molar-refractivity contribution in [1.82, 2.24) is 10.2 Å². The minimum absolute atomic E-state index is 0.0535. The lowest BCUT2D eigenvalue weighted by atomic mass is 9.94. The number of nitrogens with zero attached hydrogens (tertiary/aromatic N) is 1. The molecule has 3 fully saturated rings.